The molecule has 0 atom stereocenters. The molecule has 9 aromatic rings. The average Bonchev–Trinajstić information content (AvgIpc) is 3.30. The Morgan fingerprint density at radius 2 is 0.518 bits per heavy atom. The van der Waals surface area contributed by atoms with Gasteiger partial charge in [0.25, 0.3) is 0 Å². The number of hydrogen-bond donors (Lipinski definition) is 0. The third-order valence-electron chi connectivity index (χ3n) is 10.5. The van der Waals surface area contributed by atoms with Crippen LogP contribution in [0.1, 0.15) is 23.6 Å². The molecule has 266 valence electrons. The minimum Gasteiger partial charge on any atom is -0.228 e. The van der Waals surface area contributed by atoms with E-state index in [2.05, 4.69) is 146 Å². The van der Waals surface area contributed by atoms with Crippen LogP contribution < -0.4 is 0 Å². The average molecular weight is 719 g/mol. The highest BCUT2D eigenvalue weighted by Gasteiger charge is 2.31. The van der Waals surface area contributed by atoms with Gasteiger partial charge in [0.05, 0.1) is 22.8 Å². The van der Waals surface area contributed by atoms with Crippen molar-refractivity contribution in [3.05, 3.63) is 229 Å². The van der Waals surface area contributed by atoms with Gasteiger partial charge in [0.15, 0.2) is 11.6 Å². The second-order valence-corrected chi connectivity index (χ2v) is 14.0. The molecule has 56 heavy (non-hydrogen) atoms. The molecule has 2 heterocycles. The van der Waals surface area contributed by atoms with E-state index in [4.69, 9.17) is 19.9 Å². The normalized spacial score (nSPS) is 11.3. The lowest BCUT2D eigenvalue weighted by Crippen LogP contribution is -2.25. The quantitative estimate of drug-likeness (QED) is 0.139. The van der Waals surface area contributed by atoms with Crippen LogP contribution in [0.25, 0.3) is 67.8 Å². The molecule has 0 fully saturated rings. The predicted molar refractivity (Wildman–Crippen MR) is 229 cm³/mol. The summed E-state index contributed by atoms with van der Waals surface area (Å²) in [5, 5.41) is 0. The van der Waals surface area contributed by atoms with Crippen LogP contribution in [-0.4, -0.2) is 19.9 Å². The summed E-state index contributed by atoms with van der Waals surface area (Å²) >= 11 is 0. The van der Waals surface area contributed by atoms with Crippen molar-refractivity contribution in [3.63, 3.8) is 0 Å². The number of hydrogen-bond acceptors (Lipinski definition) is 4. The van der Waals surface area contributed by atoms with Gasteiger partial charge in [-0.25, -0.2) is 19.9 Å². The van der Waals surface area contributed by atoms with Gasteiger partial charge in [-0.05, 0) is 35.7 Å². The molecule has 0 radical (unpaired) electrons. The van der Waals surface area contributed by atoms with Crippen LogP contribution in [0.4, 0.5) is 0 Å². The third-order valence-corrected chi connectivity index (χ3v) is 10.5. The summed E-state index contributed by atoms with van der Waals surface area (Å²) in [6.45, 7) is 2.30. The molecule has 0 bridgehead atoms. The van der Waals surface area contributed by atoms with E-state index in [0.717, 1.165) is 67.3 Å². The highest BCUT2D eigenvalue weighted by Crippen LogP contribution is 2.40. The molecule has 0 amide bonds. The molecule has 0 N–H and O–H groups in total. The molecular weight excluding hydrogens is 681 g/mol. The van der Waals surface area contributed by atoms with E-state index >= 15 is 0 Å². The summed E-state index contributed by atoms with van der Waals surface area (Å²) in [5.74, 6) is 1.38. The van der Waals surface area contributed by atoms with Gasteiger partial charge in [-0.1, -0.05) is 200 Å². The molecule has 0 aliphatic carbocycles. The molecule has 0 saturated heterocycles. The standard InChI is InChI=1S/C52H38N4/c1-52(43-25-15-6-16-26-43,44-31-27-41(28-32-44)50-53-46(37-17-7-2-8-18-37)35-47(54-50)38-19-9-3-10-20-38)45-33-29-42(30-34-45)51-55-48(39-21-11-4-12-22-39)36-49(56-51)40-23-13-5-14-24-40/h2-36H,1H3. The Balaban J connectivity index is 1.10. The molecule has 0 unspecified atom stereocenters. The van der Waals surface area contributed by atoms with Crippen molar-refractivity contribution in [1.82, 2.24) is 19.9 Å². The summed E-state index contributed by atoms with van der Waals surface area (Å²) < 4.78 is 0. The largest absolute Gasteiger partial charge is 0.228 e. The van der Waals surface area contributed by atoms with Crippen LogP contribution in [0, 0.1) is 0 Å². The molecule has 0 spiro atoms. The Morgan fingerprint density at radius 1 is 0.268 bits per heavy atom. The van der Waals surface area contributed by atoms with E-state index in [0.29, 0.717) is 11.6 Å². The van der Waals surface area contributed by atoms with Crippen molar-refractivity contribution in [3.8, 4) is 67.8 Å². The lowest BCUT2D eigenvalue weighted by atomic mass is 9.71. The molecule has 0 aliphatic heterocycles. The van der Waals surface area contributed by atoms with Gasteiger partial charge in [-0.2, -0.15) is 0 Å². The number of nitrogens with zero attached hydrogens (tertiary/aromatic N) is 4. The fourth-order valence-electron chi connectivity index (χ4n) is 7.36. The van der Waals surface area contributed by atoms with Crippen LogP contribution in [0.2, 0.25) is 0 Å². The Bertz CT molecular complexity index is 2410. The van der Waals surface area contributed by atoms with E-state index in [1.165, 1.54) is 5.56 Å². The number of benzene rings is 7. The first-order valence-corrected chi connectivity index (χ1v) is 18.9. The molecule has 2 aromatic heterocycles. The van der Waals surface area contributed by atoms with Crippen LogP contribution in [0.5, 0.6) is 0 Å². The fraction of sp³-hybridized carbons (Fsp3) is 0.0385. The maximum Gasteiger partial charge on any atom is 0.160 e. The molecule has 9 rings (SSSR count). The maximum atomic E-state index is 5.07. The first kappa shape index (κ1) is 34.5. The van der Waals surface area contributed by atoms with Gasteiger partial charge in [-0.15, -0.1) is 0 Å². The van der Waals surface area contributed by atoms with Crippen LogP contribution in [0.15, 0.2) is 212 Å². The highest BCUT2D eigenvalue weighted by atomic mass is 14.9. The van der Waals surface area contributed by atoms with Crippen molar-refractivity contribution >= 4 is 0 Å². The summed E-state index contributed by atoms with van der Waals surface area (Å²) in [6.07, 6.45) is 0. The van der Waals surface area contributed by atoms with Crippen molar-refractivity contribution in [1.29, 1.82) is 0 Å². The van der Waals surface area contributed by atoms with Gasteiger partial charge in [0.1, 0.15) is 0 Å². The predicted octanol–water partition coefficient (Wildman–Crippen LogP) is 12.6. The van der Waals surface area contributed by atoms with Crippen LogP contribution in [-0.2, 0) is 5.41 Å². The summed E-state index contributed by atoms with van der Waals surface area (Å²) in [7, 11) is 0. The molecule has 0 saturated carbocycles. The molecule has 0 aliphatic rings. The molecule has 4 nitrogen and oxygen atoms in total. The highest BCUT2D eigenvalue weighted by molar-refractivity contribution is 5.74. The smallest absolute Gasteiger partial charge is 0.160 e. The maximum absolute atomic E-state index is 5.07. The SMILES string of the molecule is CC(c1ccccc1)(c1ccc(-c2nc(-c3ccccc3)cc(-c3ccccc3)n2)cc1)c1ccc(-c2nc(-c3ccccc3)cc(-c3ccccc3)n2)cc1. The second-order valence-electron chi connectivity index (χ2n) is 14.0. The molecular formula is C52H38N4. The van der Waals surface area contributed by atoms with Crippen molar-refractivity contribution in [2.45, 2.75) is 12.3 Å². The fourth-order valence-corrected chi connectivity index (χ4v) is 7.36. The number of rotatable bonds is 9. The van der Waals surface area contributed by atoms with E-state index in [-0.39, 0.29) is 0 Å². The van der Waals surface area contributed by atoms with Gasteiger partial charge >= 0.3 is 0 Å². The Kier molecular flexibility index (Phi) is 9.36. The van der Waals surface area contributed by atoms with Crippen LogP contribution in [0.3, 0.4) is 0 Å². The summed E-state index contributed by atoms with van der Waals surface area (Å²) in [5.41, 5.74) is 12.8. The Morgan fingerprint density at radius 3 is 0.804 bits per heavy atom. The first-order valence-electron chi connectivity index (χ1n) is 18.9. The Labute approximate surface area is 327 Å². The van der Waals surface area contributed by atoms with Gasteiger partial charge < -0.3 is 0 Å². The van der Waals surface area contributed by atoms with E-state index in [9.17, 15) is 0 Å². The van der Waals surface area contributed by atoms with Gasteiger partial charge in [0.2, 0.25) is 0 Å². The lowest BCUT2D eigenvalue weighted by molar-refractivity contribution is 0.692. The summed E-state index contributed by atoms with van der Waals surface area (Å²) in [6, 6.07) is 73.5. The second kappa shape index (κ2) is 15.2. The van der Waals surface area contributed by atoms with Crippen LogP contribution >= 0.6 is 0 Å². The minimum absolute atomic E-state index is 0.456. The van der Waals surface area contributed by atoms with Gasteiger partial charge in [-0.3, -0.25) is 0 Å². The zero-order chi connectivity index (χ0) is 37.7. The summed E-state index contributed by atoms with van der Waals surface area (Å²) in [4.78, 5) is 20.3. The zero-order valence-corrected chi connectivity index (χ0v) is 31.0. The first-order chi connectivity index (χ1) is 27.6. The van der Waals surface area contributed by atoms with Crippen molar-refractivity contribution in [2.24, 2.45) is 0 Å². The van der Waals surface area contributed by atoms with E-state index in [1.54, 1.807) is 0 Å². The lowest BCUT2D eigenvalue weighted by Gasteiger charge is -2.32. The Hall–Kier alpha value is -7.30. The molecule has 4 heteroatoms. The number of aromatic nitrogens is 4. The van der Waals surface area contributed by atoms with Gasteiger partial charge in [0, 0.05) is 38.8 Å². The third kappa shape index (κ3) is 6.92. The monoisotopic (exact) mass is 718 g/mol. The topological polar surface area (TPSA) is 51.6 Å². The van der Waals surface area contributed by atoms with E-state index in [1.807, 2.05) is 72.8 Å². The van der Waals surface area contributed by atoms with Crippen molar-refractivity contribution < 1.29 is 0 Å². The van der Waals surface area contributed by atoms with E-state index < -0.39 is 5.41 Å². The zero-order valence-electron chi connectivity index (χ0n) is 31.0. The minimum atomic E-state index is -0.456. The van der Waals surface area contributed by atoms with Crippen molar-refractivity contribution in [2.75, 3.05) is 0 Å². The molecule has 7 aromatic carbocycles.